The highest BCUT2D eigenvalue weighted by atomic mass is 16.4. The summed E-state index contributed by atoms with van der Waals surface area (Å²) in [5.41, 5.74) is 0. The molecule has 0 radical (unpaired) electrons. The van der Waals surface area contributed by atoms with Crippen LogP contribution in [0.15, 0.2) is 0 Å². The van der Waals surface area contributed by atoms with Gasteiger partial charge in [-0.05, 0) is 6.92 Å². The number of hydrogen-bond donors (Lipinski definition) is 4. The summed E-state index contributed by atoms with van der Waals surface area (Å²) in [6, 6.07) is 0. The minimum atomic E-state index is -1.03. The Morgan fingerprint density at radius 1 is 1.40 bits per heavy atom. The van der Waals surface area contributed by atoms with Crippen LogP contribution in [0.5, 0.6) is 0 Å². The first-order valence-electron chi connectivity index (χ1n) is 4.93. The molecule has 0 heterocycles. The van der Waals surface area contributed by atoms with Crippen LogP contribution in [0.2, 0.25) is 0 Å². The molecule has 6 nitrogen and oxygen atoms in total. The molecule has 0 aromatic rings. The quantitative estimate of drug-likeness (QED) is 0.389. The fraction of sp³-hybridized carbons (Fsp3) is 0.778. The summed E-state index contributed by atoms with van der Waals surface area (Å²) in [6.45, 7) is 3.05. The lowest BCUT2D eigenvalue weighted by atomic mass is 10.2. The van der Waals surface area contributed by atoms with Gasteiger partial charge in [0, 0.05) is 26.1 Å². The number of nitrogens with one attached hydrogen (secondary N) is 2. The van der Waals surface area contributed by atoms with Crippen molar-refractivity contribution in [2.24, 2.45) is 0 Å². The Balaban J connectivity index is 3.37. The molecule has 0 aliphatic carbocycles. The first-order valence-corrected chi connectivity index (χ1v) is 4.93. The van der Waals surface area contributed by atoms with Crippen LogP contribution in [-0.2, 0) is 9.59 Å². The maximum absolute atomic E-state index is 11.0. The Kier molecular flexibility index (Phi) is 7.57. The molecule has 1 unspecified atom stereocenters. The van der Waals surface area contributed by atoms with Gasteiger partial charge in [-0.2, -0.15) is 0 Å². The molecule has 0 rings (SSSR count). The molecule has 1 amide bonds. The van der Waals surface area contributed by atoms with Crippen LogP contribution in [-0.4, -0.2) is 47.8 Å². The lowest BCUT2D eigenvalue weighted by Crippen LogP contribution is -2.32. The van der Waals surface area contributed by atoms with E-state index in [0.29, 0.717) is 19.5 Å². The fourth-order valence-corrected chi connectivity index (χ4v) is 1.03. The summed E-state index contributed by atoms with van der Waals surface area (Å²) in [7, 11) is 0. The van der Waals surface area contributed by atoms with Crippen LogP contribution in [0.3, 0.4) is 0 Å². The smallest absolute Gasteiger partial charge is 0.306 e. The van der Waals surface area contributed by atoms with Gasteiger partial charge in [0.05, 0.1) is 12.5 Å². The Morgan fingerprint density at radius 2 is 2.07 bits per heavy atom. The summed E-state index contributed by atoms with van der Waals surface area (Å²) >= 11 is 0. The molecule has 0 aromatic heterocycles. The van der Waals surface area contributed by atoms with Gasteiger partial charge < -0.3 is 20.8 Å². The SMILES string of the molecule is CCNC(=O)CCNCC(O)CC(=O)O. The second-order valence-corrected chi connectivity index (χ2v) is 3.16. The normalized spacial score (nSPS) is 12.1. The molecule has 0 bridgehead atoms. The molecule has 15 heavy (non-hydrogen) atoms. The molecule has 4 N–H and O–H groups in total. The van der Waals surface area contributed by atoms with E-state index in [0.717, 1.165) is 0 Å². The largest absolute Gasteiger partial charge is 0.481 e. The van der Waals surface area contributed by atoms with Gasteiger partial charge in [-0.1, -0.05) is 0 Å². The number of carbonyl (C=O) groups is 2. The third-order valence-corrected chi connectivity index (χ3v) is 1.69. The molecular formula is C9H18N2O4. The Morgan fingerprint density at radius 3 is 2.60 bits per heavy atom. The van der Waals surface area contributed by atoms with Crippen molar-refractivity contribution in [2.45, 2.75) is 25.9 Å². The van der Waals surface area contributed by atoms with Crippen LogP contribution < -0.4 is 10.6 Å². The first kappa shape index (κ1) is 13.9. The molecule has 1 atom stereocenters. The molecule has 0 aliphatic heterocycles. The number of amides is 1. The summed E-state index contributed by atoms with van der Waals surface area (Å²) in [4.78, 5) is 21.1. The second-order valence-electron chi connectivity index (χ2n) is 3.16. The van der Waals surface area contributed by atoms with Crippen molar-refractivity contribution in [1.29, 1.82) is 0 Å². The van der Waals surface area contributed by atoms with E-state index < -0.39 is 12.1 Å². The monoisotopic (exact) mass is 218 g/mol. The number of hydrogen-bond acceptors (Lipinski definition) is 4. The van der Waals surface area contributed by atoms with E-state index in [1.807, 2.05) is 6.92 Å². The number of carboxylic acid groups (broad SMARTS) is 1. The third kappa shape index (κ3) is 9.17. The fourth-order valence-electron chi connectivity index (χ4n) is 1.03. The van der Waals surface area contributed by atoms with Crippen LogP contribution in [0.25, 0.3) is 0 Å². The zero-order chi connectivity index (χ0) is 11.7. The molecular weight excluding hydrogens is 200 g/mol. The molecule has 0 aromatic carbocycles. The Bertz CT molecular complexity index is 208. The molecule has 0 aliphatic rings. The van der Waals surface area contributed by atoms with Crippen molar-refractivity contribution >= 4 is 11.9 Å². The number of rotatable bonds is 8. The summed E-state index contributed by atoms with van der Waals surface area (Å²) in [5.74, 6) is -1.09. The van der Waals surface area contributed by atoms with Crippen molar-refractivity contribution in [3.63, 3.8) is 0 Å². The minimum absolute atomic E-state index is 0.0577. The number of aliphatic hydroxyl groups is 1. The van der Waals surface area contributed by atoms with E-state index in [2.05, 4.69) is 10.6 Å². The average molecular weight is 218 g/mol. The van der Waals surface area contributed by atoms with Crippen LogP contribution >= 0.6 is 0 Å². The van der Waals surface area contributed by atoms with Gasteiger partial charge in [0.2, 0.25) is 5.91 Å². The van der Waals surface area contributed by atoms with Gasteiger partial charge >= 0.3 is 5.97 Å². The number of carbonyl (C=O) groups excluding carboxylic acids is 1. The number of carboxylic acids is 1. The molecule has 6 heteroatoms. The van der Waals surface area contributed by atoms with Gasteiger partial charge in [-0.3, -0.25) is 9.59 Å². The van der Waals surface area contributed by atoms with Crippen molar-refractivity contribution in [1.82, 2.24) is 10.6 Å². The van der Waals surface area contributed by atoms with Gasteiger partial charge in [0.1, 0.15) is 0 Å². The highest BCUT2D eigenvalue weighted by Gasteiger charge is 2.08. The molecule has 0 saturated heterocycles. The number of aliphatic carboxylic acids is 1. The van der Waals surface area contributed by atoms with Crippen LogP contribution in [0.4, 0.5) is 0 Å². The maximum Gasteiger partial charge on any atom is 0.306 e. The van der Waals surface area contributed by atoms with Gasteiger partial charge in [-0.15, -0.1) is 0 Å². The second kappa shape index (κ2) is 8.19. The third-order valence-electron chi connectivity index (χ3n) is 1.69. The van der Waals surface area contributed by atoms with Gasteiger partial charge in [-0.25, -0.2) is 0 Å². The van der Waals surface area contributed by atoms with Crippen molar-refractivity contribution in [3.05, 3.63) is 0 Å². The molecule has 0 fully saturated rings. The van der Waals surface area contributed by atoms with E-state index in [4.69, 9.17) is 10.2 Å². The Labute approximate surface area is 88.7 Å². The minimum Gasteiger partial charge on any atom is -0.481 e. The lowest BCUT2D eigenvalue weighted by Gasteiger charge is -2.09. The molecule has 88 valence electrons. The van der Waals surface area contributed by atoms with Crippen molar-refractivity contribution in [3.8, 4) is 0 Å². The van der Waals surface area contributed by atoms with E-state index in [1.165, 1.54) is 0 Å². The lowest BCUT2D eigenvalue weighted by molar-refractivity contribution is -0.139. The van der Waals surface area contributed by atoms with Crippen molar-refractivity contribution in [2.75, 3.05) is 19.6 Å². The van der Waals surface area contributed by atoms with Crippen LogP contribution in [0, 0.1) is 0 Å². The van der Waals surface area contributed by atoms with E-state index in [-0.39, 0.29) is 18.9 Å². The topological polar surface area (TPSA) is 98.7 Å². The van der Waals surface area contributed by atoms with Crippen LogP contribution in [0.1, 0.15) is 19.8 Å². The molecule has 0 spiro atoms. The highest BCUT2D eigenvalue weighted by Crippen LogP contribution is 1.89. The van der Waals surface area contributed by atoms with Crippen molar-refractivity contribution < 1.29 is 19.8 Å². The maximum atomic E-state index is 11.0. The summed E-state index contributed by atoms with van der Waals surface area (Å²) in [6.07, 6.45) is -0.862. The zero-order valence-corrected chi connectivity index (χ0v) is 8.82. The average Bonchev–Trinajstić information content (AvgIpc) is 2.12. The van der Waals surface area contributed by atoms with E-state index >= 15 is 0 Å². The van der Waals surface area contributed by atoms with Gasteiger partial charge in [0.25, 0.3) is 0 Å². The van der Waals surface area contributed by atoms with E-state index in [9.17, 15) is 9.59 Å². The Hall–Kier alpha value is -1.14. The first-order chi connectivity index (χ1) is 7.06. The highest BCUT2D eigenvalue weighted by molar-refractivity contribution is 5.75. The zero-order valence-electron chi connectivity index (χ0n) is 8.82. The van der Waals surface area contributed by atoms with E-state index in [1.54, 1.807) is 0 Å². The predicted molar refractivity (Wildman–Crippen MR) is 54.4 cm³/mol. The van der Waals surface area contributed by atoms with Gasteiger partial charge in [0.15, 0.2) is 0 Å². The number of aliphatic hydroxyl groups excluding tert-OH is 1. The standard InChI is InChI=1S/C9H18N2O4/c1-2-11-8(13)3-4-10-6-7(12)5-9(14)15/h7,10,12H,2-6H2,1H3,(H,11,13)(H,14,15). The summed E-state index contributed by atoms with van der Waals surface area (Å²) in [5, 5.41) is 22.9. The summed E-state index contributed by atoms with van der Waals surface area (Å²) < 4.78 is 0. The molecule has 0 saturated carbocycles. The predicted octanol–water partition coefficient (Wildman–Crippen LogP) is -1.06.